The zero-order chi connectivity index (χ0) is 21.2. The summed E-state index contributed by atoms with van der Waals surface area (Å²) in [6.07, 6.45) is -1.96. The molecule has 0 unspecified atom stereocenters. The van der Waals surface area contributed by atoms with Crippen LogP contribution in [0.5, 0.6) is 0 Å². The maximum absolute atomic E-state index is 11.5. The lowest BCUT2D eigenvalue weighted by Gasteiger charge is -2.25. The summed E-state index contributed by atoms with van der Waals surface area (Å²) in [4.78, 5) is 25.8. The third-order valence-electron chi connectivity index (χ3n) is 4.71. The average molecular weight is 384 g/mol. The van der Waals surface area contributed by atoms with Crippen molar-refractivity contribution in [2.75, 3.05) is 9.80 Å². The number of carbonyl (C=O) groups is 2. The molecule has 0 spiro atoms. The normalized spacial score (nSPS) is 11.0. The molecule has 6 nitrogen and oxygen atoms in total. The molecule has 0 saturated carbocycles. The van der Waals surface area contributed by atoms with Gasteiger partial charge in [0.2, 0.25) is 0 Å². The molecule has 0 saturated heterocycles. The number of nitrogens with zero attached hydrogens (tertiary/aromatic N) is 2. The zero-order valence-corrected chi connectivity index (χ0v) is 17.2. The molecule has 2 aromatic carbocycles. The van der Waals surface area contributed by atoms with Crippen molar-refractivity contribution in [3.63, 3.8) is 0 Å². The van der Waals surface area contributed by atoms with Crippen LogP contribution in [0.15, 0.2) is 36.4 Å². The Morgan fingerprint density at radius 2 is 1.04 bits per heavy atom. The molecule has 0 heterocycles. The Balaban J connectivity index is 2.46. The lowest BCUT2D eigenvalue weighted by atomic mass is 9.95. The number of benzene rings is 2. The Hall–Kier alpha value is -3.02. The summed E-state index contributed by atoms with van der Waals surface area (Å²) in [6, 6.07) is 10.9. The van der Waals surface area contributed by atoms with Crippen molar-refractivity contribution < 1.29 is 19.8 Å². The SMILES string of the molecule is Cc1cc(N(C(=O)O)C(C)C)ccc1-c1ccc(N(C(=O)O)C(C)C)cc1C. The largest absolute Gasteiger partial charge is 0.465 e. The van der Waals surface area contributed by atoms with Gasteiger partial charge < -0.3 is 10.2 Å². The van der Waals surface area contributed by atoms with Crippen molar-refractivity contribution in [2.24, 2.45) is 0 Å². The third kappa shape index (κ3) is 4.27. The molecule has 2 aromatic rings. The van der Waals surface area contributed by atoms with Crippen molar-refractivity contribution in [3.05, 3.63) is 47.5 Å². The fourth-order valence-corrected chi connectivity index (χ4v) is 3.46. The summed E-state index contributed by atoms with van der Waals surface area (Å²) < 4.78 is 0. The summed E-state index contributed by atoms with van der Waals surface area (Å²) in [5.41, 5.74) is 5.17. The van der Waals surface area contributed by atoms with Crippen LogP contribution < -0.4 is 9.80 Å². The fourth-order valence-electron chi connectivity index (χ4n) is 3.46. The van der Waals surface area contributed by atoms with Gasteiger partial charge in [0.25, 0.3) is 0 Å². The molecule has 0 atom stereocenters. The summed E-state index contributed by atoms with van der Waals surface area (Å²) in [5, 5.41) is 18.9. The molecule has 0 radical (unpaired) electrons. The average Bonchev–Trinajstić information content (AvgIpc) is 2.54. The number of aryl methyl sites for hydroxylation is 2. The highest BCUT2D eigenvalue weighted by atomic mass is 16.4. The Kier molecular flexibility index (Phi) is 6.33. The van der Waals surface area contributed by atoms with Crippen molar-refractivity contribution >= 4 is 23.6 Å². The quantitative estimate of drug-likeness (QED) is 0.687. The molecular weight excluding hydrogens is 356 g/mol. The summed E-state index contributed by atoms with van der Waals surface area (Å²) in [7, 11) is 0. The van der Waals surface area contributed by atoms with Crippen LogP contribution in [-0.4, -0.2) is 34.5 Å². The van der Waals surface area contributed by atoms with Gasteiger partial charge >= 0.3 is 12.2 Å². The van der Waals surface area contributed by atoms with E-state index in [9.17, 15) is 19.8 Å². The molecule has 2 rings (SSSR count). The van der Waals surface area contributed by atoms with E-state index in [0.717, 1.165) is 22.3 Å². The van der Waals surface area contributed by atoms with Crippen LogP contribution in [0.3, 0.4) is 0 Å². The van der Waals surface area contributed by atoms with Crippen molar-refractivity contribution in [2.45, 2.75) is 53.6 Å². The fraction of sp³-hybridized carbons (Fsp3) is 0.364. The van der Waals surface area contributed by atoms with Gasteiger partial charge in [0.1, 0.15) is 0 Å². The Bertz CT molecular complexity index is 817. The molecule has 150 valence electrons. The van der Waals surface area contributed by atoms with E-state index in [1.54, 1.807) is 0 Å². The number of hydrogen-bond acceptors (Lipinski definition) is 2. The Labute approximate surface area is 166 Å². The monoisotopic (exact) mass is 384 g/mol. The standard InChI is InChI=1S/C22H28N2O4/c1-13(2)23(21(25)26)17-7-9-19(15(5)11-17)20-10-8-18(12-16(20)6)24(14(3)4)22(27)28/h7-14H,1-6H3,(H,25,26)(H,27,28). The predicted molar refractivity (Wildman–Crippen MR) is 113 cm³/mol. The predicted octanol–water partition coefficient (Wildman–Crippen LogP) is 5.76. The maximum Gasteiger partial charge on any atom is 0.412 e. The molecule has 0 aliphatic carbocycles. The van der Waals surface area contributed by atoms with Gasteiger partial charge in [-0.1, -0.05) is 12.1 Å². The minimum Gasteiger partial charge on any atom is -0.465 e. The van der Waals surface area contributed by atoms with Crippen LogP contribution in [-0.2, 0) is 0 Å². The van der Waals surface area contributed by atoms with Crippen LogP contribution in [0.2, 0.25) is 0 Å². The van der Waals surface area contributed by atoms with Gasteiger partial charge in [0, 0.05) is 23.5 Å². The minimum atomic E-state index is -0.981. The molecule has 28 heavy (non-hydrogen) atoms. The molecular formula is C22H28N2O4. The molecule has 0 fully saturated rings. The van der Waals surface area contributed by atoms with E-state index in [1.165, 1.54) is 9.80 Å². The van der Waals surface area contributed by atoms with Crippen molar-refractivity contribution in [1.29, 1.82) is 0 Å². The highest BCUT2D eigenvalue weighted by Gasteiger charge is 2.20. The zero-order valence-electron chi connectivity index (χ0n) is 17.2. The Morgan fingerprint density at radius 3 is 1.25 bits per heavy atom. The first-order chi connectivity index (χ1) is 13.0. The smallest absolute Gasteiger partial charge is 0.412 e. The third-order valence-corrected chi connectivity index (χ3v) is 4.71. The number of carboxylic acid groups (broad SMARTS) is 2. The summed E-state index contributed by atoms with van der Waals surface area (Å²) in [5.74, 6) is 0. The topological polar surface area (TPSA) is 81.1 Å². The van der Waals surface area contributed by atoms with Crippen molar-refractivity contribution in [3.8, 4) is 11.1 Å². The summed E-state index contributed by atoms with van der Waals surface area (Å²) >= 11 is 0. The highest BCUT2D eigenvalue weighted by Crippen LogP contribution is 2.33. The number of rotatable bonds is 5. The van der Waals surface area contributed by atoms with Crippen LogP contribution in [0.4, 0.5) is 21.0 Å². The molecule has 2 amide bonds. The number of hydrogen-bond donors (Lipinski definition) is 2. The number of amides is 2. The maximum atomic E-state index is 11.5. The molecule has 2 N–H and O–H groups in total. The lowest BCUT2D eigenvalue weighted by molar-refractivity contribution is 0.199. The second kappa shape index (κ2) is 8.33. The van der Waals surface area contributed by atoms with E-state index in [1.807, 2.05) is 77.9 Å². The van der Waals surface area contributed by atoms with Crippen LogP contribution >= 0.6 is 0 Å². The van der Waals surface area contributed by atoms with Gasteiger partial charge in [0.15, 0.2) is 0 Å². The van der Waals surface area contributed by atoms with Crippen molar-refractivity contribution in [1.82, 2.24) is 0 Å². The van der Waals surface area contributed by atoms with E-state index >= 15 is 0 Å². The summed E-state index contributed by atoms with van der Waals surface area (Å²) in [6.45, 7) is 11.2. The second-order valence-corrected chi connectivity index (χ2v) is 7.49. The Morgan fingerprint density at radius 1 is 0.714 bits per heavy atom. The van der Waals surface area contributed by atoms with E-state index in [4.69, 9.17) is 0 Å². The van der Waals surface area contributed by atoms with Gasteiger partial charge in [0.05, 0.1) is 0 Å². The molecule has 0 bridgehead atoms. The van der Waals surface area contributed by atoms with E-state index in [-0.39, 0.29) is 12.1 Å². The molecule has 0 aliphatic heterocycles. The second-order valence-electron chi connectivity index (χ2n) is 7.49. The van der Waals surface area contributed by atoms with Gasteiger partial charge in [-0.05, 0) is 88.1 Å². The molecule has 6 heteroatoms. The first kappa shape index (κ1) is 21.3. The van der Waals surface area contributed by atoms with Gasteiger partial charge in [-0.15, -0.1) is 0 Å². The molecule has 0 aliphatic rings. The first-order valence-electron chi connectivity index (χ1n) is 9.30. The van der Waals surface area contributed by atoms with Crippen LogP contribution in [0, 0.1) is 13.8 Å². The lowest BCUT2D eigenvalue weighted by Crippen LogP contribution is -2.35. The van der Waals surface area contributed by atoms with Gasteiger partial charge in [-0.2, -0.15) is 0 Å². The molecule has 0 aromatic heterocycles. The minimum absolute atomic E-state index is 0.165. The van der Waals surface area contributed by atoms with E-state index < -0.39 is 12.2 Å². The van der Waals surface area contributed by atoms with Crippen LogP contribution in [0.1, 0.15) is 38.8 Å². The highest BCUT2D eigenvalue weighted by molar-refractivity contribution is 5.89. The van der Waals surface area contributed by atoms with E-state index in [2.05, 4.69) is 0 Å². The number of anilines is 2. The van der Waals surface area contributed by atoms with E-state index in [0.29, 0.717) is 11.4 Å². The van der Waals surface area contributed by atoms with Gasteiger partial charge in [-0.25, -0.2) is 9.59 Å². The first-order valence-corrected chi connectivity index (χ1v) is 9.30. The van der Waals surface area contributed by atoms with Crippen LogP contribution in [0.25, 0.3) is 11.1 Å². The van der Waals surface area contributed by atoms with Gasteiger partial charge in [-0.3, -0.25) is 9.80 Å².